The number of carbonyl (C=O) groups is 2. The summed E-state index contributed by atoms with van der Waals surface area (Å²) in [6.07, 6.45) is 0. The second-order valence-electron chi connectivity index (χ2n) is 6.36. The fraction of sp³-hybridized carbons (Fsp3) is 0.0909. The van der Waals surface area contributed by atoms with Gasteiger partial charge in [0, 0.05) is 5.69 Å². The Bertz CT molecular complexity index is 1060. The van der Waals surface area contributed by atoms with Gasteiger partial charge in [0.25, 0.3) is 11.8 Å². The summed E-state index contributed by atoms with van der Waals surface area (Å²) >= 11 is 0. The number of anilines is 2. The summed E-state index contributed by atoms with van der Waals surface area (Å²) in [5.41, 5.74) is 2.86. The van der Waals surface area contributed by atoms with Crippen molar-refractivity contribution in [1.82, 2.24) is 0 Å². The van der Waals surface area contributed by atoms with Gasteiger partial charge in [-0.2, -0.15) is 0 Å². The average molecular weight is 374 g/mol. The lowest BCUT2D eigenvalue weighted by Crippen LogP contribution is -2.18. The number of aryl methyl sites for hydroxylation is 1. The molecule has 0 spiro atoms. The second-order valence-corrected chi connectivity index (χ2v) is 6.36. The van der Waals surface area contributed by atoms with Gasteiger partial charge in [-0.15, -0.1) is 0 Å². The molecule has 0 saturated carbocycles. The highest BCUT2D eigenvalue weighted by molar-refractivity contribution is 6.13. The van der Waals surface area contributed by atoms with Gasteiger partial charge >= 0.3 is 0 Å². The molecular weight excluding hydrogens is 356 g/mol. The van der Waals surface area contributed by atoms with E-state index < -0.39 is 0 Å². The lowest BCUT2D eigenvalue weighted by atomic mass is 10.1. The highest BCUT2D eigenvalue weighted by Gasteiger charge is 2.23. The lowest BCUT2D eigenvalue weighted by Gasteiger charge is -2.12. The normalized spacial score (nSPS) is 11.8. The maximum Gasteiger partial charge on any atom is 0.259 e. The van der Waals surface area contributed by atoms with Crippen molar-refractivity contribution in [2.75, 3.05) is 17.4 Å². The predicted molar refractivity (Wildman–Crippen MR) is 106 cm³/mol. The van der Waals surface area contributed by atoms with Crippen molar-refractivity contribution in [3.8, 4) is 11.5 Å². The van der Waals surface area contributed by atoms with E-state index in [1.807, 2.05) is 31.2 Å². The van der Waals surface area contributed by atoms with Crippen molar-refractivity contribution in [3.05, 3.63) is 83.4 Å². The molecule has 4 rings (SSSR count). The maximum atomic E-state index is 12.8. The van der Waals surface area contributed by atoms with Crippen LogP contribution in [0.3, 0.4) is 0 Å². The van der Waals surface area contributed by atoms with Gasteiger partial charge in [-0.3, -0.25) is 9.59 Å². The minimum absolute atomic E-state index is 0.0785. The van der Waals surface area contributed by atoms with Gasteiger partial charge in [0.1, 0.15) is 0 Å². The molecule has 0 aliphatic carbocycles. The molecule has 0 fully saturated rings. The Balaban J connectivity index is 1.57. The van der Waals surface area contributed by atoms with Crippen LogP contribution in [-0.2, 0) is 0 Å². The van der Waals surface area contributed by atoms with Crippen LogP contribution in [0.2, 0.25) is 0 Å². The van der Waals surface area contributed by atoms with Crippen LogP contribution in [0.5, 0.6) is 11.5 Å². The fourth-order valence-corrected chi connectivity index (χ4v) is 3.01. The Labute approximate surface area is 162 Å². The molecule has 0 aromatic heterocycles. The number of nitrogens with one attached hydrogen (secondary N) is 2. The number of para-hydroxylation sites is 2. The molecule has 0 radical (unpaired) electrons. The van der Waals surface area contributed by atoms with E-state index in [4.69, 9.17) is 9.47 Å². The van der Waals surface area contributed by atoms with Crippen LogP contribution in [0.25, 0.3) is 0 Å². The Morgan fingerprint density at radius 3 is 2.43 bits per heavy atom. The molecule has 0 bridgehead atoms. The Kier molecular flexibility index (Phi) is 4.68. The van der Waals surface area contributed by atoms with E-state index in [1.54, 1.807) is 42.5 Å². The molecule has 1 heterocycles. The quantitative estimate of drug-likeness (QED) is 0.717. The largest absolute Gasteiger partial charge is 0.454 e. The molecular formula is C22H18N2O4. The third-order valence-electron chi connectivity index (χ3n) is 4.34. The van der Waals surface area contributed by atoms with Gasteiger partial charge in [0.05, 0.1) is 16.8 Å². The summed E-state index contributed by atoms with van der Waals surface area (Å²) < 4.78 is 10.7. The molecule has 3 aromatic carbocycles. The zero-order valence-electron chi connectivity index (χ0n) is 15.2. The minimum atomic E-state index is -0.377. The SMILES string of the molecule is Cc1cccc(NC(=O)c2ccccc2NC(=O)c2cccc3c2OCO3)c1. The van der Waals surface area contributed by atoms with Crippen molar-refractivity contribution in [1.29, 1.82) is 0 Å². The monoisotopic (exact) mass is 374 g/mol. The average Bonchev–Trinajstić information content (AvgIpc) is 3.17. The van der Waals surface area contributed by atoms with Crippen LogP contribution in [-0.4, -0.2) is 18.6 Å². The van der Waals surface area contributed by atoms with Crippen molar-refractivity contribution in [2.45, 2.75) is 6.92 Å². The van der Waals surface area contributed by atoms with E-state index in [-0.39, 0.29) is 18.6 Å². The first-order valence-electron chi connectivity index (χ1n) is 8.79. The molecule has 6 heteroatoms. The predicted octanol–water partition coefficient (Wildman–Crippen LogP) is 4.23. The van der Waals surface area contributed by atoms with Gasteiger partial charge in [-0.05, 0) is 48.9 Å². The van der Waals surface area contributed by atoms with Crippen LogP contribution in [0.1, 0.15) is 26.3 Å². The summed E-state index contributed by atoms with van der Waals surface area (Å²) in [5, 5.41) is 5.66. The van der Waals surface area contributed by atoms with Gasteiger partial charge in [-0.25, -0.2) is 0 Å². The molecule has 140 valence electrons. The van der Waals surface area contributed by atoms with E-state index >= 15 is 0 Å². The second kappa shape index (κ2) is 7.44. The highest BCUT2D eigenvalue weighted by atomic mass is 16.7. The first-order chi connectivity index (χ1) is 13.6. The number of carbonyl (C=O) groups excluding carboxylic acids is 2. The molecule has 6 nitrogen and oxygen atoms in total. The smallest absolute Gasteiger partial charge is 0.259 e. The fourth-order valence-electron chi connectivity index (χ4n) is 3.01. The highest BCUT2D eigenvalue weighted by Crippen LogP contribution is 2.35. The van der Waals surface area contributed by atoms with E-state index in [0.29, 0.717) is 34.0 Å². The zero-order chi connectivity index (χ0) is 19.5. The van der Waals surface area contributed by atoms with E-state index in [9.17, 15) is 9.59 Å². The summed E-state index contributed by atoms with van der Waals surface area (Å²) in [7, 11) is 0. The van der Waals surface area contributed by atoms with E-state index in [1.165, 1.54) is 0 Å². The third kappa shape index (κ3) is 3.53. The molecule has 0 saturated heterocycles. The van der Waals surface area contributed by atoms with Crippen LogP contribution in [0, 0.1) is 6.92 Å². The number of hydrogen-bond donors (Lipinski definition) is 2. The van der Waals surface area contributed by atoms with Crippen molar-refractivity contribution < 1.29 is 19.1 Å². The Hall–Kier alpha value is -3.80. The number of ether oxygens (including phenoxy) is 2. The zero-order valence-corrected chi connectivity index (χ0v) is 15.2. The van der Waals surface area contributed by atoms with Crippen molar-refractivity contribution in [2.24, 2.45) is 0 Å². The number of benzene rings is 3. The summed E-state index contributed by atoms with van der Waals surface area (Å²) in [4.78, 5) is 25.5. The molecule has 0 atom stereocenters. The molecule has 2 amide bonds. The maximum absolute atomic E-state index is 12.8. The third-order valence-corrected chi connectivity index (χ3v) is 4.34. The number of fused-ring (bicyclic) bond motifs is 1. The number of hydrogen-bond acceptors (Lipinski definition) is 4. The van der Waals surface area contributed by atoms with Crippen LogP contribution in [0.15, 0.2) is 66.7 Å². The van der Waals surface area contributed by atoms with Crippen molar-refractivity contribution in [3.63, 3.8) is 0 Å². The summed E-state index contributed by atoms with van der Waals surface area (Å²) in [6.45, 7) is 2.03. The molecule has 2 N–H and O–H groups in total. The van der Waals surface area contributed by atoms with Crippen LogP contribution >= 0.6 is 0 Å². The first-order valence-corrected chi connectivity index (χ1v) is 8.79. The molecule has 1 aliphatic heterocycles. The first kappa shape index (κ1) is 17.6. The Morgan fingerprint density at radius 2 is 1.57 bits per heavy atom. The number of rotatable bonds is 4. The van der Waals surface area contributed by atoms with Gasteiger partial charge in [0.15, 0.2) is 11.5 Å². The van der Waals surface area contributed by atoms with Crippen LogP contribution in [0.4, 0.5) is 11.4 Å². The molecule has 1 aliphatic rings. The standard InChI is InChI=1S/C22H18N2O4/c1-14-6-4-7-15(12-14)23-21(25)16-8-2-3-10-18(16)24-22(26)17-9-5-11-19-20(17)28-13-27-19/h2-12H,13H2,1H3,(H,23,25)(H,24,26). The van der Waals surface area contributed by atoms with Crippen molar-refractivity contribution >= 4 is 23.2 Å². The topological polar surface area (TPSA) is 76.7 Å². The van der Waals surface area contributed by atoms with Crippen LogP contribution < -0.4 is 20.1 Å². The van der Waals surface area contributed by atoms with E-state index in [2.05, 4.69) is 10.6 Å². The minimum Gasteiger partial charge on any atom is -0.454 e. The summed E-state index contributed by atoms with van der Waals surface area (Å²) in [5.74, 6) is 0.248. The molecule has 0 unspecified atom stereocenters. The van der Waals surface area contributed by atoms with Gasteiger partial charge in [-0.1, -0.05) is 30.3 Å². The van der Waals surface area contributed by atoms with Gasteiger partial charge < -0.3 is 20.1 Å². The molecule has 28 heavy (non-hydrogen) atoms. The number of amides is 2. The summed E-state index contributed by atoms with van der Waals surface area (Å²) in [6, 6.07) is 19.5. The molecule has 3 aromatic rings. The lowest BCUT2D eigenvalue weighted by molar-refractivity contribution is 0.102. The van der Waals surface area contributed by atoms with Gasteiger partial charge in [0.2, 0.25) is 6.79 Å². The Morgan fingerprint density at radius 1 is 0.821 bits per heavy atom. The van der Waals surface area contributed by atoms with E-state index in [0.717, 1.165) is 5.56 Å².